The van der Waals surface area contributed by atoms with Gasteiger partial charge in [-0.2, -0.15) is 13.2 Å². The molecule has 1 unspecified atom stereocenters. The zero-order chi connectivity index (χ0) is 15.1. The summed E-state index contributed by atoms with van der Waals surface area (Å²) in [5.74, 6) is 0. The highest BCUT2D eigenvalue weighted by Crippen LogP contribution is 2.33. The Balaban J connectivity index is 2.43. The van der Waals surface area contributed by atoms with E-state index in [1.165, 1.54) is 12.1 Å². The molecular formula is C15H16F3NO. The Morgan fingerprint density at radius 2 is 1.75 bits per heavy atom. The number of H-pyrrole nitrogens is 1. The first kappa shape index (κ1) is 14.7. The Bertz CT molecular complexity index is 629. The summed E-state index contributed by atoms with van der Waals surface area (Å²) >= 11 is 0. The van der Waals surface area contributed by atoms with E-state index in [2.05, 4.69) is 4.98 Å². The fraction of sp³-hybridized carbons (Fsp3) is 0.333. The number of hydrogen-bond donors (Lipinski definition) is 2. The Morgan fingerprint density at radius 1 is 1.10 bits per heavy atom. The Hall–Kier alpha value is -1.75. The second kappa shape index (κ2) is 4.98. The summed E-state index contributed by atoms with van der Waals surface area (Å²) in [6.45, 7) is 5.61. The second-order valence-electron chi connectivity index (χ2n) is 4.94. The number of aliphatic hydroxyl groups excluding tert-OH is 1. The van der Waals surface area contributed by atoms with Crippen molar-refractivity contribution in [2.75, 3.05) is 0 Å². The molecule has 1 atom stereocenters. The number of hydrogen-bond acceptors (Lipinski definition) is 1. The quantitative estimate of drug-likeness (QED) is 0.857. The smallest absolute Gasteiger partial charge is 0.382 e. The standard InChI is InChI=1S/C15H16F3NO/c1-8-9(2)13(19-10(8)3)14(20)11-5-4-6-12(7-11)15(16,17)18/h4-7,14,19-20H,1-3H3. The van der Waals surface area contributed by atoms with Crippen molar-refractivity contribution < 1.29 is 18.3 Å². The van der Waals surface area contributed by atoms with Crippen molar-refractivity contribution >= 4 is 0 Å². The maximum absolute atomic E-state index is 12.7. The predicted octanol–water partition coefficient (Wildman–Crippen LogP) is 4.04. The molecule has 1 aromatic carbocycles. The van der Waals surface area contributed by atoms with Crippen molar-refractivity contribution in [2.24, 2.45) is 0 Å². The summed E-state index contributed by atoms with van der Waals surface area (Å²) in [5, 5.41) is 10.3. The van der Waals surface area contributed by atoms with Crippen LogP contribution >= 0.6 is 0 Å². The molecule has 2 N–H and O–H groups in total. The number of aryl methyl sites for hydroxylation is 1. The lowest BCUT2D eigenvalue weighted by Gasteiger charge is -2.14. The molecule has 2 nitrogen and oxygen atoms in total. The zero-order valence-electron chi connectivity index (χ0n) is 11.5. The van der Waals surface area contributed by atoms with Gasteiger partial charge < -0.3 is 10.1 Å². The molecule has 0 aliphatic rings. The van der Waals surface area contributed by atoms with Crippen LogP contribution in [0.2, 0.25) is 0 Å². The lowest BCUT2D eigenvalue weighted by atomic mass is 10.0. The molecule has 0 aliphatic heterocycles. The van der Waals surface area contributed by atoms with E-state index in [-0.39, 0.29) is 5.56 Å². The van der Waals surface area contributed by atoms with Gasteiger partial charge in [-0.05, 0) is 49.6 Å². The van der Waals surface area contributed by atoms with E-state index in [1.54, 1.807) is 0 Å². The molecule has 2 aromatic rings. The zero-order valence-corrected chi connectivity index (χ0v) is 11.5. The monoisotopic (exact) mass is 283 g/mol. The minimum Gasteiger partial charge on any atom is -0.382 e. The van der Waals surface area contributed by atoms with Crippen LogP contribution in [0.1, 0.15) is 39.7 Å². The lowest BCUT2D eigenvalue weighted by molar-refractivity contribution is -0.137. The van der Waals surface area contributed by atoms with Crippen LogP contribution < -0.4 is 0 Å². The largest absolute Gasteiger partial charge is 0.416 e. The van der Waals surface area contributed by atoms with Crippen LogP contribution in [0.25, 0.3) is 0 Å². The van der Waals surface area contributed by atoms with Crippen LogP contribution in [0.4, 0.5) is 13.2 Å². The van der Waals surface area contributed by atoms with E-state index in [9.17, 15) is 18.3 Å². The summed E-state index contributed by atoms with van der Waals surface area (Å²) < 4.78 is 38.1. The van der Waals surface area contributed by atoms with Crippen LogP contribution in [-0.4, -0.2) is 10.1 Å². The van der Waals surface area contributed by atoms with Crippen molar-refractivity contribution in [1.82, 2.24) is 4.98 Å². The van der Waals surface area contributed by atoms with Crippen LogP contribution in [0.5, 0.6) is 0 Å². The van der Waals surface area contributed by atoms with Crippen LogP contribution in [0, 0.1) is 20.8 Å². The third-order valence-corrected chi connectivity index (χ3v) is 3.65. The first-order valence-corrected chi connectivity index (χ1v) is 6.22. The van der Waals surface area contributed by atoms with E-state index in [0.717, 1.165) is 29.0 Å². The lowest BCUT2D eigenvalue weighted by Crippen LogP contribution is -2.08. The number of nitrogens with one attached hydrogen (secondary N) is 1. The van der Waals surface area contributed by atoms with Gasteiger partial charge in [0.2, 0.25) is 0 Å². The number of aromatic amines is 1. The van der Waals surface area contributed by atoms with E-state index in [0.29, 0.717) is 5.69 Å². The topological polar surface area (TPSA) is 36.0 Å². The van der Waals surface area contributed by atoms with Crippen molar-refractivity contribution in [3.63, 3.8) is 0 Å². The van der Waals surface area contributed by atoms with Crippen LogP contribution in [0.15, 0.2) is 24.3 Å². The highest BCUT2D eigenvalue weighted by molar-refractivity contribution is 5.40. The molecule has 0 saturated heterocycles. The molecule has 0 spiro atoms. The number of aliphatic hydroxyl groups is 1. The van der Waals surface area contributed by atoms with Gasteiger partial charge in [-0.1, -0.05) is 12.1 Å². The molecule has 5 heteroatoms. The molecular weight excluding hydrogens is 267 g/mol. The molecule has 0 amide bonds. The van der Waals surface area contributed by atoms with Gasteiger partial charge in [0.05, 0.1) is 11.3 Å². The molecule has 0 bridgehead atoms. The summed E-state index contributed by atoms with van der Waals surface area (Å²) in [7, 11) is 0. The fourth-order valence-electron chi connectivity index (χ4n) is 2.20. The third kappa shape index (κ3) is 2.58. The SMILES string of the molecule is Cc1[nH]c(C(O)c2cccc(C(F)(F)F)c2)c(C)c1C. The van der Waals surface area contributed by atoms with Gasteiger partial charge in [-0.25, -0.2) is 0 Å². The van der Waals surface area contributed by atoms with Crippen LogP contribution in [0.3, 0.4) is 0 Å². The summed E-state index contributed by atoms with van der Waals surface area (Å²) in [5.41, 5.74) is 2.79. The van der Waals surface area contributed by atoms with Gasteiger partial charge in [-0.3, -0.25) is 0 Å². The average molecular weight is 283 g/mol. The first-order chi connectivity index (χ1) is 9.21. The summed E-state index contributed by atoms with van der Waals surface area (Å²) in [6, 6.07) is 4.77. The summed E-state index contributed by atoms with van der Waals surface area (Å²) in [4.78, 5) is 3.04. The third-order valence-electron chi connectivity index (χ3n) is 3.65. The van der Waals surface area contributed by atoms with Crippen molar-refractivity contribution in [2.45, 2.75) is 33.1 Å². The molecule has 20 heavy (non-hydrogen) atoms. The molecule has 0 aliphatic carbocycles. The van der Waals surface area contributed by atoms with E-state index >= 15 is 0 Å². The van der Waals surface area contributed by atoms with Gasteiger partial charge in [0.1, 0.15) is 6.10 Å². The maximum Gasteiger partial charge on any atom is 0.416 e. The van der Waals surface area contributed by atoms with Gasteiger partial charge in [0.25, 0.3) is 0 Å². The molecule has 0 saturated carbocycles. The number of halogens is 3. The van der Waals surface area contributed by atoms with Gasteiger partial charge >= 0.3 is 6.18 Å². The average Bonchev–Trinajstić information content (AvgIpc) is 2.65. The highest BCUT2D eigenvalue weighted by Gasteiger charge is 2.31. The minimum absolute atomic E-state index is 0.226. The number of alkyl halides is 3. The Labute approximate surface area is 115 Å². The predicted molar refractivity (Wildman–Crippen MR) is 70.5 cm³/mol. The molecule has 0 radical (unpaired) electrons. The fourth-order valence-corrected chi connectivity index (χ4v) is 2.20. The number of benzene rings is 1. The van der Waals surface area contributed by atoms with E-state index in [1.807, 2.05) is 20.8 Å². The van der Waals surface area contributed by atoms with Crippen molar-refractivity contribution in [3.05, 3.63) is 57.9 Å². The van der Waals surface area contributed by atoms with Crippen LogP contribution in [-0.2, 0) is 6.18 Å². The maximum atomic E-state index is 12.7. The number of rotatable bonds is 2. The molecule has 108 valence electrons. The van der Waals surface area contributed by atoms with Crippen molar-refractivity contribution in [3.8, 4) is 0 Å². The minimum atomic E-state index is -4.41. The Morgan fingerprint density at radius 3 is 2.25 bits per heavy atom. The molecule has 1 aromatic heterocycles. The van der Waals surface area contributed by atoms with Crippen molar-refractivity contribution in [1.29, 1.82) is 0 Å². The second-order valence-corrected chi connectivity index (χ2v) is 4.94. The van der Waals surface area contributed by atoms with E-state index in [4.69, 9.17) is 0 Å². The molecule has 1 heterocycles. The normalized spacial score (nSPS) is 13.6. The van der Waals surface area contributed by atoms with Gasteiger partial charge in [-0.15, -0.1) is 0 Å². The summed E-state index contributed by atoms with van der Waals surface area (Å²) in [6.07, 6.45) is -5.50. The number of aromatic nitrogens is 1. The highest BCUT2D eigenvalue weighted by atomic mass is 19.4. The Kier molecular flexibility index (Phi) is 3.65. The van der Waals surface area contributed by atoms with Gasteiger partial charge in [0.15, 0.2) is 0 Å². The molecule has 2 rings (SSSR count). The van der Waals surface area contributed by atoms with Gasteiger partial charge in [0, 0.05) is 5.69 Å². The van der Waals surface area contributed by atoms with E-state index < -0.39 is 17.8 Å². The first-order valence-electron chi connectivity index (χ1n) is 6.22. The molecule has 0 fully saturated rings.